The Hall–Kier alpha value is -1.10. The van der Waals surface area contributed by atoms with Gasteiger partial charge in [0.2, 0.25) is 11.8 Å². The van der Waals surface area contributed by atoms with Gasteiger partial charge in [0.05, 0.1) is 0 Å². The number of hydrogen-bond acceptors (Lipinski definition) is 3. The van der Waals surface area contributed by atoms with Crippen molar-refractivity contribution in [1.82, 2.24) is 10.2 Å². The number of hydrogen-bond donors (Lipinski definition) is 1. The van der Waals surface area contributed by atoms with Crippen LogP contribution in [0.2, 0.25) is 0 Å². The second kappa shape index (κ2) is 7.44. The molecule has 5 heteroatoms. The first-order chi connectivity index (χ1) is 10.7. The lowest BCUT2D eigenvalue weighted by molar-refractivity contribution is -0.136. The maximum atomic E-state index is 12.4. The molecule has 0 unspecified atom stereocenters. The molecule has 3 fully saturated rings. The number of amides is 2. The summed E-state index contributed by atoms with van der Waals surface area (Å²) in [6.45, 7) is 3.11. The molecule has 1 saturated carbocycles. The summed E-state index contributed by atoms with van der Waals surface area (Å²) in [5.74, 6) is 1.17. The van der Waals surface area contributed by atoms with E-state index in [0.717, 1.165) is 58.4 Å². The van der Waals surface area contributed by atoms with Gasteiger partial charge in [0.1, 0.15) is 0 Å². The van der Waals surface area contributed by atoms with Crippen LogP contribution in [0.4, 0.5) is 0 Å². The molecule has 0 aromatic carbocycles. The van der Waals surface area contributed by atoms with Crippen molar-refractivity contribution in [3.05, 3.63) is 0 Å². The molecule has 124 valence electrons. The number of rotatable bonds is 4. The van der Waals surface area contributed by atoms with E-state index in [2.05, 4.69) is 5.32 Å². The van der Waals surface area contributed by atoms with Crippen molar-refractivity contribution < 1.29 is 14.3 Å². The third kappa shape index (κ3) is 4.00. The van der Waals surface area contributed by atoms with E-state index in [1.165, 1.54) is 12.8 Å². The van der Waals surface area contributed by atoms with Gasteiger partial charge in [0.25, 0.3) is 0 Å². The van der Waals surface area contributed by atoms with Gasteiger partial charge < -0.3 is 15.0 Å². The molecule has 2 amide bonds. The Morgan fingerprint density at radius 1 is 1.05 bits per heavy atom. The van der Waals surface area contributed by atoms with E-state index >= 15 is 0 Å². The van der Waals surface area contributed by atoms with E-state index in [-0.39, 0.29) is 17.9 Å². The smallest absolute Gasteiger partial charge is 0.225 e. The summed E-state index contributed by atoms with van der Waals surface area (Å²) in [4.78, 5) is 26.4. The minimum Gasteiger partial charge on any atom is -0.381 e. The maximum Gasteiger partial charge on any atom is 0.225 e. The van der Waals surface area contributed by atoms with Crippen LogP contribution in [0.25, 0.3) is 0 Å². The topological polar surface area (TPSA) is 58.6 Å². The normalized spacial score (nSPS) is 27.3. The van der Waals surface area contributed by atoms with Crippen LogP contribution in [-0.4, -0.2) is 49.1 Å². The number of piperidine rings is 1. The molecule has 1 N–H and O–H groups in total. The van der Waals surface area contributed by atoms with Gasteiger partial charge in [-0.25, -0.2) is 0 Å². The second-order valence-corrected chi connectivity index (χ2v) is 7.08. The third-order valence-corrected chi connectivity index (χ3v) is 5.37. The zero-order valence-electron chi connectivity index (χ0n) is 13.4. The summed E-state index contributed by atoms with van der Waals surface area (Å²) in [5.41, 5.74) is 0. The van der Waals surface area contributed by atoms with Gasteiger partial charge in [-0.05, 0) is 38.0 Å². The van der Waals surface area contributed by atoms with Gasteiger partial charge in [-0.2, -0.15) is 0 Å². The number of ether oxygens (including phenoxy) is 1. The van der Waals surface area contributed by atoms with Crippen molar-refractivity contribution in [2.75, 3.05) is 26.3 Å². The van der Waals surface area contributed by atoms with Crippen molar-refractivity contribution >= 4 is 11.8 Å². The van der Waals surface area contributed by atoms with E-state index in [4.69, 9.17) is 4.74 Å². The van der Waals surface area contributed by atoms with Gasteiger partial charge in [-0.1, -0.05) is 12.8 Å². The molecule has 2 saturated heterocycles. The van der Waals surface area contributed by atoms with E-state index in [0.29, 0.717) is 18.2 Å². The lowest BCUT2D eigenvalue weighted by Gasteiger charge is -2.34. The Morgan fingerprint density at radius 3 is 2.41 bits per heavy atom. The Labute approximate surface area is 132 Å². The maximum absolute atomic E-state index is 12.4. The summed E-state index contributed by atoms with van der Waals surface area (Å²) < 4.78 is 5.31. The molecule has 0 radical (unpaired) electrons. The zero-order valence-corrected chi connectivity index (χ0v) is 13.4. The molecule has 3 aliphatic rings. The standard InChI is InChI=1S/C17H28N2O3/c20-16(11-13-7-10-22-12-13)18-15-5-8-19(9-6-15)17(21)14-3-1-2-4-14/h13-15H,1-12H2,(H,18,20)/t13-/m0/s1. The number of nitrogens with zero attached hydrogens (tertiary/aromatic N) is 1. The monoisotopic (exact) mass is 308 g/mol. The summed E-state index contributed by atoms with van der Waals surface area (Å²) in [5, 5.41) is 3.14. The first-order valence-electron chi connectivity index (χ1n) is 8.88. The van der Waals surface area contributed by atoms with E-state index in [1.807, 2.05) is 4.90 Å². The van der Waals surface area contributed by atoms with Crippen LogP contribution in [0.15, 0.2) is 0 Å². The van der Waals surface area contributed by atoms with Crippen LogP contribution in [0, 0.1) is 11.8 Å². The van der Waals surface area contributed by atoms with Gasteiger partial charge in [-0.3, -0.25) is 9.59 Å². The van der Waals surface area contributed by atoms with Crippen LogP contribution in [0.5, 0.6) is 0 Å². The average Bonchev–Trinajstić information content (AvgIpc) is 3.20. The average molecular weight is 308 g/mol. The van der Waals surface area contributed by atoms with Gasteiger partial charge in [-0.15, -0.1) is 0 Å². The predicted molar refractivity (Wildman–Crippen MR) is 83.2 cm³/mol. The van der Waals surface area contributed by atoms with Crippen molar-refractivity contribution in [2.24, 2.45) is 11.8 Å². The fourth-order valence-corrected chi connectivity index (χ4v) is 3.97. The molecule has 0 aromatic heterocycles. The molecule has 22 heavy (non-hydrogen) atoms. The number of nitrogens with one attached hydrogen (secondary N) is 1. The third-order valence-electron chi connectivity index (χ3n) is 5.37. The first kappa shape index (κ1) is 15.8. The van der Waals surface area contributed by atoms with Crippen LogP contribution >= 0.6 is 0 Å². The zero-order chi connectivity index (χ0) is 15.4. The van der Waals surface area contributed by atoms with E-state index < -0.39 is 0 Å². The van der Waals surface area contributed by atoms with Gasteiger partial charge in [0, 0.05) is 44.7 Å². The first-order valence-corrected chi connectivity index (χ1v) is 8.88. The molecule has 2 aliphatic heterocycles. The predicted octanol–water partition coefficient (Wildman–Crippen LogP) is 1.71. The van der Waals surface area contributed by atoms with Crippen molar-refractivity contribution in [3.63, 3.8) is 0 Å². The molecular weight excluding hydrogens is 280 g/mol. The molecule has 1 aliphatic carbocycles. The molecule has 1 atom stereocenters. The Bertz CT molecular complexity index is 393. The fraction of sp³-hybridized carbons (Fsp3) is 0.882. The number of likely N-dealkylation sites (tertiary alicyclic amines) is 1. The van der Waals surface area contributed by atoms with Crippen molar-refractivity contribution in [3.8, 4) is 0 Å². The number of carbonyl (C=O) groups is 2. The summed E-state index contributed by atoms with van der Waals surface area (Å²) in [6.07, 6.45) is 7.92. The lowest BCUT2D eigenvalue weighted by atomic mass is 10.00. The van der Waals surface area contributed by atoms with Crippen molar-refractivity contribution in [2.45, 2.75) is 57.4 Å². The minimum atomic E-state index is 0.149. The molecule has 5 nitrogen and oxygen atoms in total. The van der Waals surface area contributed by atoms with E-state index in [9.17, 15) is 9.59 Å². The highest BCUT2D eigenvalue weighted by molar-refractivity contribution is 5.79. The van der Waals surface area contributed by atoms with Crippen LogP contribution < -0.4 is 5.32 Å². The highest BCUT2D eigenvalue weighted by Gasteiger charge is 2.30. The fourth-order valence-electron chi connectivity index (χ4n) is 3.97. The highest BCUT2D eigenvalue weighted by Crippen LogP contribution is 2.27. The van der Waals surface area contributed by atoms with Gasteiger partial charge >= 0.3 is 0 Å². The summed E-state index contributed by atoms with van der Waals surface area (Å²) >= 11 is 0. The Balaban J connectivity index is 1.37. The molecule has 3 rings (SSSR count). The van der Waals surface area contributed by atoms with Crippen molar-refractivity contribution in [1.29, 1.82) is 0 Å². The van der Waals surface area contributed by atoms with Crippen LogP contribution in [0.3, 0.4) is 0 Å². The van der Waals surface area contributed by atoms with Crippen LogP contribution in [0.1, 0.15) is 51.4 Å². The minimum absolute atomic E-state index is 0.149. The highest BCUT2D eigenvalue weighted by atomic mass is 16.5. The molecule has 0 spiro atoms. The number of carbonyl (C=O) groups excluding carboxylic acids is 2. The molecule has 0 bridgehead atoms. The van der Waals surface area contributed by atoms with Crippen LogP contribution in [-0.2, 0) is 14.3 Å². The Morgan fingerprint density at radius 2 is 1.77 bits per heavy atom. The van der Waals surface area contributed by atoms with Gasteiger partial charge in [0.15, 0.2) is 0 Å². The van der Waals surface area contributed by atoms with E-state index in [1.54, 1.807) is 0 Å². The largest absolute Gasteiger partial charge is 0.381 e. The molecule has 0 aromatic rings. The second-order valence-electron chi connectivity index (χ2n) is 7.08. The molecule has 2 heterocycles. The molecular formula is C17H28N2O3. The summed E-state index contributed by atoms with van der Waals surface area (Å²) in [7, 11) is 0. The summed E-state index contributed by atoms with van der Waals surface area (Å²) in [6, 6.07) is 0.238. The Kier molecular flexibility index (Phi) is 5.34. The quantitative estimate of drug-likeness (QED) is 0.860. The lowest BCUT2D eigenvalue weighted by Crippen LogP contribution is -2.48. The SMILES string of the molecule is O=C(C[C@@H]1CCOC1)NC1CCN(C(=O)C2CCCC2)CC1.